The lowest BCUT2D eigenvalue weighted by Crippen LogP contribution is -2.24. The molecule has 2 fully saturated rings. The number of rotatable bonds is 3. The second kappa shape index (κ2) is 4.05. The molecule has 92 valence electrons. The van der Waals surface area contributed by atoms with E-state index in [2.05, 4.69) is 5.32 Å². The van der Waals surface area contributed by atoms with Gasteiger partial charge in [-0.05, 0) is 61.8 Å². The number of hydrogen-bond donors (Lipinski definition) is 1. The fourth-order valence-electron chi connectivity index (χ4n) is 3.46. The molecule has 17 heavy (non-hydrogen) atoms. The van der Waals surface area contributed by atoms with Crippen LogP contribution in [0.1, 0.15) is 30.9 Å². The van der Waals surface area contributed by atoms with Gasteiger partial charge in [-0.1, -0.05) is 0 Å². The topological polar surface area (TPSA) is 12.0 Å². The first-order valence-electron chi connectivity index (χ1n) is 6.30. The van der Waals surface area contributed by atoms with E-state index in [1.54, 1.807) is 0 Å². The average Bonchev–Trinajstić information content (AvgIpc) is 2.86. The second-order valence-corrected chi connectivity index (χ2v) is 5.46. The first-order chi connectivity index (χ1) is 8.17. The van der Waals surface area contributed by atoms with Gasteiger partial charge < -0.3 is 5.32 Å². The maximum atomic E-state index is 13.2. The first-order valence-corrected chi connectivity index (χ1v) is 6.30. The van der Waals surface area contributed by atoms with Crippen LogP contribution in [0.2, 0.25) is 0 Å². The van der Waals surface area contributed by atoms with Crippen molar-refractivity contribution >= 4 is 0 Å². The van der Waals surface area contributed by atoms with Crippen LogP contribution >= 0.6 is 0 Å². The van der Waals surface area contributed by atoms with Gasteiger partial charge in [0, 0.05) is 12.1 Å². The van der Waals surface area contributed by atoms with Gasteiger partial charge in [0.2, 0.25) is 0 Å². The van der Waals surface area contributed by atoms with Crippen LogP contribution in [0, 0.1) is 29.4 Å². The lowest BCUT2D eigenvalue weighted by molar-refractivity contribution is 0.357. The predicted molar refractivity (Wildman–Crippen MR) is 62.5 cm³/mol. The molecule has 2 aliphatic rings. The van der Waals surface area contributed by atoms with Gasteiger partial charge in [0.15, 0.2) is 0 Å². The summed E-state index contributed by atoms with van der Waals surface area (Å²) in [5, 5.41) is 3.22. The number of halogens is 2. The number of fused-ring (bicyclic) bond motifs is 1. The average molecular weight is 237 g/mol. The summed E-state index contributed by atoms with van der Waals surface area (Å²) < 4.78 is 26.5. The number of nitrogens with one attached hydrogen (secondary N) is 1. The molecule has 3 unspecified atom stereocenters. The molecule has 1 aromatic rings. The molecule has 0 aromatic heterocycles. The van der Waals surface area contributed by atoms with Gasteiger partial charge in [0.1, 0.15) is 11.6 Å². The van der Waals surface area contributed by atoms with Crippen molar-refractivity contribution in [2.45, 2.75) is 25.3 Å². The third-order valence-corrected chi connectivity index (χ3v) is 4.31. The molecule has 3 rings (SSSR count). The minimum atomic E-state index is -0.483. The van der Waals surface area contributed by atoms with Gasteiger partial charge in [0.05, 0.1) is 0 Å². The SMILES string of the molecule is CNC(c1cc(F)cc(F)c1)C1CC2CC2C1. The molecule has 0 spiro atoms. The van der Waals surface area contributed by atoms with Gasteiger partial charge in [0.25, 0.3) is 0 Å². The Morgan fingerprint density at radius 1 is 1.06 bits per heavy atom. The normalized spacial score (nSPS) is 32.3. The van der Waals surface area contributed by atoms with Crippen molar-refractivity contribution < 1.29 is 8.78 Å². The van der Waals surface area contributed by atoms with Crippen LogP contribution in [0.15, 0.2) is 18.2 Å². The molecule has 0 heterocycles. The summed E-state index contributed by atoms with van der Waals surface area (Å²) in [5.41, 5.74) is 0.747. The van der Waals surface area contributed by atoms with E-state index in [0.717, 1.165) is 23.5 Å². The van der Waals surface area contributed by atoms with E-state index in [0.29, 0.717) is 5.92 Å². The molecule has 3 atom stereocenters. The van der Waals surface area contributed by atoms with E-state index in [1.807, 2.05) is 7.05 Å². The van der Waals surface area contributed by atoms with Crippen molar-refractivity contribution in [2.75, 3.05) is 7.05 Å². The van der Waals surface area contributed by atoms with Gasteiger partial charge in [-0.3, -0.25) is 0 Å². The van der Waals surface area contributed by atoms with E-state index in [-0.39, 0.29) is 6.04 Å². The van der Waals surface area contributed by atoms with E-state index < -0.39 is 11.6 Å². The molecule has 0 radical (unpaired) electrons. The Labute approximate surface area is 100 Å². The Kier molecular flexibility index (Phi) is 2.66. The number of benzene rings is 1. The third-order valence-electron chi connectivity index (χ3n) is 4.31. The quantitative estimate of drug-likeness (QED) is 0.850. The lowest BCUT2D eigenvalue weighted by atomic mass is 9.89. The summed E-state index contributed by atoms with van der Waals surface area (Å²) in [7, 11) is 1.87. The van der Waals surface area contributed by atoms with E-state index >= 15 is 0 Å². The zero-order chi connectivity index (χ0) is 12.0. The molecule has 1 nitrogen and oxygen atoms in total. The maximum Gasteiger partial charge on any atom is 0.126 e. The summed E-state index contributed by atoms with van der Waals surface area (Å²) in [5.74, 6) is 1.33. The minimum absolute atomic E-state index is 0.0907. The molecular formula is C14H17F2N. The molecule has 1 N–H and O–H groups in total. The van der Waals surface area contributed by atoms with Crippen LogP contribution < -0.4 is 5.32 Å². The van der Waals surface area contributed by atoms with Gasteiger partial charge in [-0.25, -0.2) is 8.78 Å². The van der Waals surface area contributed by atoms with Crippen LogP contribution in [0.4, 0.5) is 8.78 Å². The van der Waals surface area contributed by atoms with Gasteiger partial charge in [-0.2, -0.15) is 0 Å². The van der Waals surface area contributed by atoms with E-state index in [4.69, 9.17) is 0 Å². The Hall–Kier alpha value is -0.960. The maximum absolute atomic E-state index is 13.2. The molecule has 0 aliphatic heterocycles. The van der Waals surface area contributed by atoms with Gasteiger partial charge >= 0.3 is 0 Å². The highest BCUT2D eigenvalue weighted by Gasteiger charge is 2.47. The summed E-state index contributed by atoms with van der Waals surface area (Å²) >= 11 is 0. The molecule has 2 aliphatic carbocycles. The minimum Gasteiger partial charge on any atom is -0.313 e. The highest BCUT2D eigenvalue weighted by Crippen LogP contribution is 2.57. The zero-order valence-corrected chi connectivity index (χ0v) is 9.92. The molecule has 0 bridgehead atoms. The van der Waals surface area contributed by atoms with Crippen LogP contribution in [0.5, 0.6) is 0 Å². The van der Waals surface area contributed by atoms with Gasteiger partial charge in [-0.15, -0.1) is 0 Å². The predicted octanol–water partition coefficient (Wildman–Crippen LogP) is 3.27. The summed E-state index contributed by atoms with van der Waals surface area (Å²) in [6.07, 6.45) is 3.77. The molecule has 0 saturated heterocycles. The summed E-state index contributed by atoms with van der Waals surface area (Å²) in [6.45, 7) is 0. The fourth-order valence-corrected chi connectivity index (χ4v) is 3.46. The molecule has 3 heteroatoms. The van der Waals surface area contributed by atoms with Crippen LogP contribution in [0.25, 0.3) is 0 Å². The third kappa shape index (κ3) is 2.08. The standard InChI is InChI=1S/C14H17F2N/c1-17-14(10-3-8-2-9(8)4-10)11-5-12(15)7-13(16)6-11/h5-10,14,17H,2-4H2,1H3. The lowest BCUT2D eigenvalue weighted by Gasteiger charge is -2.25. The van der Waals surface area contributed by atoms with Crippen molar-refractivity contribution in [3.8, 4) is 0 Å². The molecule has 1 aromatic carbocycles. The Morgan fingerprint density at radius 2 is 1.65 bits per heavy atom. The van der Waals surface area contributed by atoms with Crippen LogP contribution in [0.3, 0.4) is 0 Å². The Bertz CT molecular complexity index is 402. The van der Waals surface area contributed by atoms with Crippen molar-refractivity contribution in [1.82, 2.24) is 5.32 Å². The highest BCUT2D eigenvalue weighted by atomic mass is 19.1. The van der Waals surface area contributed by atoms with Crippen LogP contribution in [-0.2, 0) is 0 Å². The highest BCUT2D eigenvalue weighted by molar-refractivity contribution is 5.23. The monoisotopic (exact) mass is 237 g/mol. The fraction of sp³-hybridized carbons (Fsp3) is 0.571. The van der Waals surface area contributed by atoms with Crippen LogP contribution in [-0.4, -0.2) is 7.05 Å². The van der Waals surface area contributed by atoms with E-state index in [1.165, 1.54) is 31.4 Å². The largest absolute Gasteiger partial charge is 0.313 e. The van der Waals surface area contributed by atoms with E-state index in [9.17, 15) is 8.78 Å². The van der Waals surface area contributed by atoms with Crippen molar-refractivity contribution in [3.63, 3.8) is 0 Å². The summed E-state index contributed by atoms with van der Waals surface area (Å²) in [6, 6.07) is 3.93. The summed E-state index contributed by atoms with van der Waals surface area (Å²) in [4.78, 5) is 0. The smallest absolute Gasteiger partial charge is 0.126 e. The van der Waals surface area contributed by atoms with Crippen molar-refractivity contribution in [1.29, 1.82) is 0 Å². The van der Waals surface area contributed by atoms with Crippen molar-refractivity contribution in [3.05, 3.63) is 35.4 Å². The number of hydrogen-bond acceptors (Lipinski definition) is 1. The first kappa shape index (κ1) is 11.1. The second-order valence-electron chi connectivity index (χ2n) is 5.46. The Morgan fingerprint density at radius 3 is 2.18 bits per heavy atom. The zero-order valence-electron chi connectivity index (χ0n) is 9.92. The molecule has 2 saturated carbocycles. The molecule has 0 amide bonds. The van der Waals surface area contributed by atoms with Crippen molar-refractivity contribution in [2.24, 2.45) is 17.8 Å². The molecular weight excluding hydrogens is 220 g/mol. The Balaban J connectivity index is 1.83.